The lowest BCUT2D eigenvalue weighted by atomic mass is 10.1. The van der Waals surface area contributed by atoms with E-state index in [1.165, 1.54) is 17.3 Å². The fourth-order valence-electron chi connectivity index (χ4n) is 1.92. The minimum atomic E-state index is 0.774. The molecule has 0 saturated carbocycles. The van der Waals surface area contributed by atoms with Crippen molar-refractivity contribution in [2.24, 2.45) is 5.84 Å². The zero-order valence-electron chi connectivity index (χ0n) is 14.5. The molecule has 1 aromatic carbocycles. The Labute approximate surface area is 145 Å². The Morgan fingerprint density at radius 2 is 1.91 bits per heavy atom. The average Bonchev–Trinajstić information content (AvgIpc) is 3.01. The standard InChI is InChI=1S/C15H16ClN.C2H6N2.C2H6/c1-11-6-7-12(10-11)8-9-13-14(16)4-3-5-15(13)17-2;1-2-4-3;1-2/h3-6,8-10,17H,7H2,1-2H3;2,4H,1,3H2;1-2H3/b9-8+;;. The number of hydrogen-bond acceptors (Lipinski definition) is 3. The largest absolute Gasteiger partial charge is 0.388 e. The third-order valence-corrected chi connectivity index (χ3v) is 3.31. The van der Waals surface area contributed by atoms with Crippen LogP contribution in [-0.2, 0) is 0 Å². The SMILES string of the molecule is C=CNN.CC.CNc1cccc(Cl)c1/C=C/C1=CC(C)=CC1. The van der Waals surface area contributed by atoms with Crippen LogP contribution in [0.4, 0.5) is 5.69 Å². The summed E-state index contributed by atoms with van der Waals surface area (Å²) in [4.78, 5) is 0. The van der Waals surface area contributed by atoms with Crippen LogP contribution in [0.3, 0.4) is 0 Å². The van der Waals surface area contributed by atoms with Crippen LogP contribution < -0.4 is 16.6 Å². The van der Waals surface area contributed by atoms with Gasteiger partial charge in [0.2, 0.25) is 0 Å². The Morgan fingerprint density at radius 3 is 2.39 bits per heavy atom. The van der Waals surface area contributed by atoms with Crippen LogP contribution >= 0.6 is 11.6 Å². The van der Waals surface area contributed by atoms with Gasteiger partial charge in [0.25, 0.3) is 0 Å². The first-order chi connectivity index (χ1) is 11.1. The molecule has 0 heterocycles. The van der Waals surface area contributed by atoms with Gasteiger partial charge in [0.05, 0.1) is 0 Å². The van der Waals surface area contributed by atoms with E-state index >= 15 is 0 Å². The summed E-state index contributed by atoms with van der Waals surface area (Å²) in [5.74, 6) is 4.66. The van der Waals surface area contributed by atoms with Crippen LogP contribution in [0, 0.1) is 0 Å². The Kier molecular flexibility index (Phi) is 11.5. The van der Waals surface area contributed by atoms with Crippen LogP contribution in [0.5, 0.6) is 0 Å². The lowest BCUT2D eigenvalue weighted by Gasteiger charge is -2.06. The molecule has 0 bridgehead atoms. The molecule has 0 spiro atoms. The molecule has 0 amide bonds. The lowest BCUT2D eigenvalue weighted by molar-refractivity contribution is 0.972. The Morgan fingerprint density at radius 1 is 1.26 bits per heavy atom. The van der Waals surface area contributed by atoms with Crippen molar-refractivity contribution >= 4 is 23.4 Å². The maximum absolute atomic E-state index is 6.20. The van der Waals surface area contributed by atoms with E-state index in [-0.39, 0.29) is 0 Å². The molecule has 0 aliphatic heterocycles. The van der Waals surface area contributed by atoms with Gasteiger partial charge in [-0.1, -0.05) is 68.0 Å². The van der Waals surface area contributed by atoms with Gasteiger partial charge in [-0.3, -0.25) is 5.84 Å². The number of nitrogens with two attached hydrogens (primary N) is 1. The summed E-state index contributed by atoms with van der Waals surface area (Å²) in [5.41, 5.74) is 6.95. The fraction of sp³-hybridized carbons (Fsp3) is 0.263. The molecule has 0 radical (unpaired) electrons. The molecular formula is C19H28ClN3. The first-order valence-electron chi connectivity index (χ1n) is 7.71. The minimum absolute atomic E-state index is 0.774. The number of hydrogen-bond donors (Lipinski definition) is 3. The van der Waals surface area contributed by atoms with Gasteiger partial charge < -0.3 is 10.7 Å². The van der Waals surface area contributed by atoms with Crippen LogP contribution in [0.1, 0.15) is 32.8 Å². The number of allylic oxidation sites excluding steroid dienone is 5. The first kappa shape index (κ1) is 21.0. The predicted molar refractivity (Wildman–Crippen MR) is 105 cm³/mol. The summed E-state index contributed by atoms with van der Waals surface area (Å²) in [7, 11) is 1.91. The van der Waals surface area contributed by atoms with Crippen LogP contribution in [0.25, 0.3) is 6.08 Å². The van der Waals surface area contributed by atoms with Gasteiger partial charge in [-0.25, -0.2) is 0 Å². The quantitative estimate of drug-likeness (QED) is 0.518. The van der Waals surface area contributed by atoms with E-state index in [2.05, 4.69) is 54.4 Å². The Balaban J connectivity index is 0.000000705. The van der Waals surface area contributed by atoms with Gasteiger partial charge in [0, 0.05) is 29.5 Å². The van der Waals surface area contributed by atoms with E-state index in [0.717, 1.165) is 22.7 Å². The number of hydrazine groups is 1. The van der Waals surface area contributed by atoms with Gasteiger partial charge in [-0.15, -0.1) is 0 Å². The molecule has 1 aromatic rings. The van der Waals surface area contributed by atoms with E-state index in [9.17, 15) is 0 Å². The molecule has 0 unspecified atom stereocenters. The van der Waals surface area contributed by atoms with Gasteiger partial charge in [0.1, 0.15) is 0 Å². The highest BCUT2D eigenvalue weighted by Crippen LogP contribution is 2.27. The zero-order chi connectivity index (χ0) is 17.7. The number of halogens is 1. The third-order valence-electron chi connectivity index (χ3n) is 2.98. The molecule has 126 valence electrons. The second kappa shape index (κ2) is 12.6. The molecule has 1 aliphatic rings. The summed E-state index contributed by atoms with van der Waals surface area (Å²) in [5, 5.41) is 3.93. The summed E-state index contributed by atoms with van der Waals surface area (Å²) in [6.07, 6.45) is 11.1. The second-order valence-corrected chi connectivity index (χ2v) is 4.93. The molecule has 3 nitrogen and oxygen atoms in total. The topological polar surface area (TPSA) is 50.1 Å². The van der Waals surface area contributed by atoms with E-state index in [4.69, 9.17) is 11.6 Å². The van der Waals surface area contributed by atoms with Crippen molar-refractivity contribution in [1.29, 1.82) is 0 Å². The van der Waals surface area contributed by atoms with Crippen molar-refractivity contribution in [2.45, 2.75) is 27.2 Å². The minimum Gasteiger partial charge on any atom is -0.388 e. The summed E-state index contributed by atoms with van der Waals surface area (Å²) >= 11 is 6.20. The van der Waals surface area contributed by atoms with Crippen molar-refractivity contribution in [2.75, 3.05) is 12.4 Å². The number of anilines is 1. The number of nitrogens with one attached hydrogen (secondary N) is 2. The highest BCUT2D eigenvalue weighted by molar-refractivity contribution is 6.32. The van der Waals surface area contributed by atoms with E-state index in [1.54, 1.807) is 0 Å². The molecule has 4 heteroatoms. The molecule has 2 rings (SSSR count). The fourth-order valence-corrected chi connectivity index (χ4v) is 2.16. The highest BCUT2D eigenvalue weighted by Gasteiger charge is 2.03. The van der Waals surface area contributed by atoms with Crippen LogP contribution in [0.15, 0.2) is 60.4 Å². The van der Waals surface area contributed by atoms with Gasteiger partial charge in [-0.05, 0) is 31.1 Å². The predicted octanol–water partition coefficient (Wildman–Crippen LogP) is 5.29. The van der Waals surface area contributed by atoms with Crippen molar-refractivity contribution in [3.05, 3.63) is 70.9 Å². The Hall–Kier alpha value is -1.97. The van der Waals surface area contributed by atoms with Gasteiger partial charge in [0.15, 0.2) is 0 Å². The van der Waals surface area contributed by atoms with Crippen molar-refractivity contribution < 1.29 is 0 Å². The lowest BCUT2D eigenvalue weighted by Crippen LogP contribution is -2.11. The molecule has 0 fully saturated rings. The Bertz CT molecular complexity index is 572. The second-order valence-electron chi connectivity index (χ2n) is 4.53. The number of benzene rings is 1. The monoisotopic (exact) mass is 333 g/mol. The maximum atomic E-state index is 6.20. The third kappa shape index (κ3) is 7.73. The average molecular weight is 334 g/mol. The van der Waals surface area contributed by atoms with E-state index in [1.807, 2.05) is 39.1 Å². The van der Waals surface area contributed by atoms with Crippen LogP contribution in [0.2, 0.25) is 5.02 Å². The van der Waals surface area contributed by atoms with Crippen molar-refractivity contribution in [3.8, 4) is 0 Å². The van der Waals surface area contributed by atoms with Crippen molar-refractivity contribution in [1.82, 2.24) is 5.43 Å². The molecule has 0 atom stereocenters. The van der Waals surface area contributed by atoms with Crippen molar-refractivity contribution in [3.63, 3.8) is 0 Å². The van der Waals surface area contributed by atoms with Gasteiger partial charge >= 0.3 is 0 Å². The number of rotatable bonds is 4. The highest BCUT2D eigenvalue weighted by atomic mass is 35.5. The van der Waals surface area contributed by atoms with E-state index < -0.39 is 0 Å². The molecule has 0 aromatic heterocycles. The zero-order valence-corrected chi connectivity index (χ0v) is 15.2. The molecule has 1 aliphatic carbocycles. The van der Waals surface area contributed by atoms with Crippen LogP contribution in [-0.4, -0.2) is 7.05 Å². The smallest absolute Gasteiger partial charge is 0.0499 e. The summed E-state index contributed by atoms with van der Waals surface area (Å²) in [6.45, 7) is 9.36. The van der Waals surface area contributed by atoms with Gasteiger partial charge in [-0.2, -0.15) is 0 Å². The molecule has 4 N–H and O–H groups in total. The molecule has 0 saturated heterocycles. The first-order valence-corrected chi connectivity index (χ1v) is 8.09. The normalized spacial score (nSPS) is 12.3. The summed E-state index contributed by atoms with van der Waals surface area (Å²) in [6, 6.07) is 5.89. The molecular weight excluding hydrogens is 306 g/mol. The molecule has 23 heavy (non-hydrogen) atoms. The maximum Gasteiger partial charge on any atom is 0.0499 e. The van der Waals surface area contributed by atoms with E-state index in [0.29, 0.717) is 0 Å². The summed E-state index contributed by atoms with van der Waals surface area (Å²) < 4.78 is 0.